The highest BCUT2D eigenvalue weighted by Crippen LogP contribution is 2.39. The molecule has 1 fully saturated rings. The van der Waals surface area contributed by atoms with Crippen molar-refractivity contribution in [3.63, 3.8) is 0 Å². The molecule has 21 heavy (non-hydrogen) atoms. The summed E-state index contributed by atoms with van der Waals surface area (Å²) >= 11 is 5.90. The van der Waals surface area contributed by atoms with Crippen LogP contribution in [0, 0.1) is 23.6 Å². The van der Waals surface area contributed by atoms with Crippen molar-refractivity contribution in [1.82, 2.24) is 0 Å². The largest absolute Gasteiger partial charge is 0.481 e. The average molecular weight is 314 g/mol. The van der Waals surface area contributed by atoms with E-state index < -0.39 is 29.5 Å². The smallest absolute Gasteiger partial charge is 0.307 e. The Labute approximate surface area is 127 Å². The standard InChI is InChI=1S/C15H17ClFNO3/c1-2-8-5-10(11(6-8)15(20)21)14(19)18-13-7-9(17)3-4-12(13)16/h3-4,7-8,10-11H,2,5-6H2,1H3,(H,18,19)(H,20,21). The average Bonchev–Trinajstić information content (AvgIpc) is 2.87. The molecule has 0 spiro atoms. The highest BCUT2D eigenvalue weighted by molar-refractivity contribution is 6.33. The van der Waals surface area contributed by atoms with Crippen molar-refractivity contribution in [2.24, 2.45) is 17.8 Å². The third-order valence-electron chi connectivity index (χ3n) is 4.08. The lowest BCUT2D eigenvalue weighted by Crippen LogP contribution is -2.30. The Hall–Kier alpha value is -1.62. The third kappa shape index (κ3) is 3.53. The SMILES string of the molecule is CCC1CC(C(=O)O)C(C(=O)Nc2cc(F)ccc2Cl)C1. The van der Waals surface area contributed by atoms with Crippen molar-refractivity contribution in [2.75, 3.05) is 5.32 Å². The van der Waals surface area contributed by atoms with E-state index >= 15 is 0 Å². The molecule has 0 radical (unpaired) electrons. The summed E-state index contributed by atoms with van der Waals surface area (Å²) in [5.74, 6) is -2.96. The lowest BCUT2D eigenvalue weighted by Gasteiger charge is -2.16. The van der Waals surface area contributed by atoms with E-state index in [0.717, 1.165) is 12.5 Å². The predicted octanol–water partition coefficient (Wildman–Crippen LogP) is 3.55. The number of hydrogen-bond donors (Lipinski definition) is 2. The van der Waals surface area contributed by atoms with Gasteiger partial charge in [-0.05, 0) is 37.0 Å². The number of carboxylic acids is 1. The first-order valence-corrected chi connectivity index (χ1v) is 7.28. The number of carbonyl (C=O) groups excluding carboxylic acids is 1. The van der Waals surface area contributed by atoms with Crippen LogP contribution >= 0.6 is 11.6 Å². The maximum atomic E-state index is 13.2. The molecular weight excluding hydrogens is 297 g/mol. The zero-order valence-corrected chi connectivity index (χ0v) is 12.4. The summed E-state index contributed by atoms with van der Waals surface area (Å²) < 4.78 is 13.2. The fourth-order valence-electron chi connectivity index (χ4n) is 2.86. The van der Waals surface area contributed by atoms with E-state index in [1.54, 1.807) is 0 Å². The van der Waals surface area contributed by atoms with Crippen LogP contribution in [-0.2, 0) is 9.59 Å². The fraction of sp³-hybridized carbons (Fsp3) is 0.467. The molecular formula is C15H17ClFNO3. The molecule has 1 aromatic carbocycles. The Morgan fingerprint density at radius 3 is 2.67 bits per heavy atom. The number of aliphatic carboxylic acids is 1. The van der Waals surface area contributed by atoms with Crippen LogP contribution in [0.15, 0.2) is 18.2 Å². The molecule has 3 atom stereocenters. The molecule has 1 saturated carbocycles. The Morgan fingerprint density at radius 1 is 1.38 bits per heavy atom. The number of halogens is 2. The number of rotatable bonds is 4. The van der Waals surface area contributed by atoms with Crippen LogP contribution in [0.25, 0.3) is 0 Å². The summed E-state index contributed by atoms with van der Waals surface area (Å²) in [6, 6.07) is 3.67. The van der Waals surface area contributed by atoms with Crippen LogP contribution in [0.5, 0.6) is 0 Å². The van der Waals surface area contributed by atoms with E-state index in [1.807, 2.05) is 6.92 Å². The van der Waals surface area contributed by atoms with E-state index in [-0.39, 0.29) is 16.6 Å². The Bertz CT molecular complexity index is 564. The summed E-state index contributed by atoms with van der Waals surface area (Å²) in [4.78, 5) is 23.6. The molecule has 0 aliphatic heterocycles. The zero-order chi connectivity index (χ0) is 15.6. The number of nitrogens with one attached hydrogen (secondary N) is 1. The highest BCUT2D eigenvalue weighted by atomic mass is 35.5. The molecule has 0 aromatic heterocycles. The van der Waals surface area contributed by atoms with Crippen LogP contribution in [0.3, 0.4) is 0 Å². The first kappa shape index (κ1) is 15.8. The van der Waals surface area contributed by atoms with E-state index in [9.17, 15) is 19.1 Å². The van der Waals surface area contributed by atoms with Gasteiger partial charge in [-0.2, -0.15) is 0 Å². The molecule has 1 aromatic rings. The summed E-state index contributed by atoms with van der Waals surface area (Å²) in [7, 11) is 0. The number of hydrogen-bond acceptors (Lipinski definition) is 2. The van der Waals surface area contributed by atoms with Gasteiger partial charge in [0.25, 0.3) is 0 Å². The topological polar surface area (TPSA) is 66.4 Å². The maximum Gasteiger partial charge on any atom is 0.307 e. The van der Waals surface area contributed by atoms with E-state index in [4.69, 9.17) is 11.6 Å². The summed E-state index contributed by atoms with van der Waals surface area (Å²) in [5, 5.41) is 12.0. The van der Waals surface area contributed by atoms with E-state index in [1.165, 1.54) is 12.1 Å². The van der Waals surface area contributed by atoms with Gasteiger partial charge in [-0.1, -0.05) is 24.9 Å². The molecule has 0 saturated heterocycles. The van der Waals surface area contributed by atoms with Gasteiger partial charge >= 0.3 is 5.97 Å². The molecule has 4 nitrogen and oxygen atoms in total. The maximum absolute atomic E-state index is 13.2. The second kappa shape index (κ2) is 6.43. The summed E-state index contributed by atoms with van der Waals surface area (Å²) in [6.07, 6.45) is 1.88. The van der Waals surface area contributed by atoms with Gasteiger partial charge in [0, 0.05) is 0 Å². The van der Waals surface area contributed by atoms with Crippen molar-refractivity contribution in [3.05, 3.63) is 29.0 Å². The van der Waals surface area contributed by atoms with Gasteiger partial charge in [0.1, 0.15) is 5.82 Å². The first-order chi connectivity index (χ1) is 9.92. The highest BCUT2D eigenvalue weighted by Gasteiger charge is 2.42. The van der Waals surface area contributed by atoms with Gasteiger partial charge in [0.05, 0.1) is 22.5 Å². The van der Waals surface area contributed by atoms with Crippen LogP contribution in [0.2, 0.25) is 5.02 Å². The van der Waals surface area contributed by atoms with Gasteiger partial charge in [-0.25, -0.2) is 4.39 Å². The molecule has 1 aliphatic carbocycles. The minimum atomic E-state index is -0.962. The summed E-state index contributed by atoms with van der Waals surface area (Å²) in [5.41, 5.74) is 0.172. The van der Waals surface area contributed by atoms with E-state index in [0.29, 0.717) is 12.8 Å². The van der Waals surface area contributed by atoms with Crippen LogP contribution in [-0.4, -0.2) is 17.0 Å². The number of amides is 1. The molecule has 114 valence electrons. The van der Waals surface area contributed by atoms with Crippen molar-refractivity contribution in [2.45, 2.75) is 26.2 Å². The molecule has 1 aliphatic rings. The molecule has 3 unspecified atom stereocenters. The van der Waals surface area contributed by atoms with Gasteiger partial charge in [-0.3, -0.25) is 9.59 Å². The second-order valence-electron chi connectivity index (χ2n) is 5.41. The molecule has 1 amide bonds. The lowest BCUT2D eigenvalue weighted by atomic mass is 9.95. The Morgan fingerprint density at radius 2 is 2.05 bits per heavy atom. The van der Waals surface area contributed by atoms with Crippen LogP contribution in [0.4, 0.5) is 10.1 Å². The van der Waals surface area contributed by atoms with Crippen molar-refractivity contribution < 1.29 is 19.1 Å². The normalized spacial score (nSPS) is 24.8. The minimum absolute atomic E-state index is 0.172. The van der Waals surface area contributed by atoms with E-state index in [2.05, 4.69) is 5.32 Å². The summed E-state index contributed by atoms with van der Waals surface area (Å²) in [6.45, 7) is 1.98. The Balaban J connectivity index is 2.15. The molecule has 2 rings (SSSR count). The lowest BCUT2D eigenvalue weighted by molar-refractivity contribution is -0.145. The minimum Gasteiger partial charge on any atom is -0.481 e. The zero-order valence-electron chi connectivity index (χ0n) is 11.6. The fourth-order valence-corrected chi connectivity index (χ4v) is 3.02. The number of benzene rings is 1. The van der Waals surface area contributed by atoms with Gasteiger partial charge in [0.2, 0.25) is 5.91 Å². The predicted molar refractivity (Wildman–Crippen MR) is 77.7 cm³/mol. The van der Waals surface area contributed by atoms with Gasteiger partial charge in [-0.15, -0.1) is 0 Å². The number of carbonyl (C=O) groups is 2. The van der Waals surface area contributed by atoms with Crippen molar-refractivity contribution in [1.29, 1.82) is 0 Å². The molecule has 0 heterocycles. The Kier molecular flexibility index (Phi) is 4.83. The van der Waals surface area contributed by atoms with Gasteiger partial charge in [0.15, 0.2) is 0 Å². The third-order valence-corrected chi connectivity index (χ3v) is 4.41. The van der Waals surface area contributed by atoms with Crippen LogP contribution < -0.4 is 5.32 Å². The van der Waals surface area contributed by atoms with Crippen molar-refractivity contribution >= 4 is 29.2 Å². The van der Waals surface area contributed by atoms with Gasteiger partial charge < -0.3 is 10.4 Å². The molecule has 2 N–H and O–H groups in total. The van der Waals surface area contributed by atoms with Crippen molar-refractivity contribution in [3.8, 4) is 0 Å². The molecule has 0 bridgehead atoms. The number of carboxylic acid groups (broad SMARTS) is 1. The number of anilines is 1. The first-order valence-electron chi connectivity index (χ1n) is 6.91. The van der Waals surface area contributed by atoms with Crippen LogP contribution in [0.1, 0.15) is 26.2 Å². The molecule has 6 heteroatoms. The second-order valence-corrected chi connectivity index (χ2v) is 5.82. The monoisotopic (exact) mass is 313 g/mol. The quantitative estimate of drug-likeness (QED) is 0.893.